The number of nitrogens with one attached hydrogen (secondary N) is 2. The van der Waals surface area contributed by atoms with Crippen molar-refractivity contribution in [3.8, 4) is 0 Å². The number of unbranched alkanes of at least 4 members (excludes halogenated alkanes) is 4. The highest BCUT2D eigenvalue weighted by Crippen LogP contribution is 2.18. The van der Waals surface area contributed by atoms with E-state index in [1.54, 1.807) is 0 Å². The van der Waals surface area contributed by atoms with Crippen molar-refractivity contribution in [1.29, 1.82) is 0 Å². The molecule has 1 atom stereocenters. The van der Waals surface area contributed by atoms with Gasteiger partial charge in [0.05, 0.1) is 5.75 Å². The van der Waals surface area contributed by atoms with E-state index in [0.29, 0.717) is 6.04 Å². The van der Waals surface area contributed by atoms with Gasteiger partial charge in [-0.1, -0.05) is 32.6 Å². The summed E-state index contributed by atoms with van der Waals surface area (Å²) in [6.45, 7) is 5.11. The van der Waals surface area contributed by atoms with Crippen LogP contribution < -0.4 is 10.0 Å². The van der Waals surface area contributed by atoms with E-state index >= 15 is 0 Å². The summed E-state index contributed by atoms with van der Waals surface area (Å²) in [7, 11) is -3.09. The van der Waals surface area contributed by atoms with E-state index in [-0.39, 0.29) is 11.8 Å². The first-order chi connectivity index (χ1) is 9.53. The molecular weight excluding hydrogens is 272 g/mol. The van der Waals surface area contributed by atoms with Crippen molar-refractivity contribution in [2.45, 2.75) is 83.7 Å². The van der Waals surface area contributed by atoms with Gasteiger partial charge in [0, 0.05) is 12.1 Å². The molecule has 2 N–H and O–H groups in total. The summed E-state index contributed by atoms with van der Waals surface area (Å²) in [6, 6.07) is 0.786. The maximum Gasteiger partial charge on any atom is 0.211 e. The summed E-state index contributed by atoms with van der Waals surface area (Å²) in [5.41, 5.74) is 0. The van der Waals surface area contributed by atoms with Crippen LogP contribution in [0.3, 0.4) is 0 Å². The molecule has 1 saturated carbocycles. The Morgan fingerprint density at radius 3 is 2.50 bits per heavy atom. The fraction of sp³-hybridized carbons (Fsp3) is 1.00. The van der Waals surface area contributed by atoms with Crippen LogP contribution in [0.5, 0.6) is 0 Å². The van der Waals surface area contributed by atoms with Crippen LogP contribution in [0.15, 0.2) is 0 Å². The molecule has 0 bridgehead atoms. The van der Waals surface area contributed by atoms with E-state index in [1.807, 2.05) is 6.92 Å². The Balaban J connectivity index is 2.02. The van der Waals surface area contributed by atoms with Crippen molar-refractivity contribution in [3.63, 3.8) is 0 Å². The van der Waals surface area contributed by atoms with E-state index in [1.165, 1.54) is 32.1 Å². The van der Waals surface area contributed by atoms with Crippen molar-refractivity contribution in [2.24, 2.45) is 0 Å². The third-order valence-electron chi connectivity index (χ3n) is 3.72. The molecule has 0 amide bonds. The smallest absolute Gasteiger partial charge is 0.211 e. The van der Waals surface area contributed by atoms with Crippen LogP contribution in [0.25, 0.3) is 0 Å². The molecule has 1 aliphatic rings. The first kappa shape index (κ1) is 17.9. The van der Waals surface area contributed by atoms with Crippen LogP contribution >= 0.6 is 0 Å². The Kier molecular flexibility index (Phi) is 8.73. The van der Waals surface area contributed by atoms with Crippen LogP contribution in [0.2, 0.25) is 0 Å². The molecule has 1 fully saturated rings. The highest BCUT2D eigenvalue weighted by molar-refractivity contribution is 7.89. The lowest BCUT2D eigenvalue weighted by molar-refractivity contribution is 0.519. The Bertz CT molecular complexity index is 340. The predicted octanol–water partition coefficient (Wildman–Crippen LogP) is 2.80. The quantitative estimate of drug-likeness (QED) is 0.514. The molecule has 4 nitrogen and oxygen atoms in total. The zero-order chi connectivity index (χ0) is 14.8. The van der Waals surface area contributed by atoms with Gasteiger partial charge in [-0.25, -0.2) is 13.1 Å². The normalized spacial score (nSPS) is 17.3. The van der Waals surface area contributed by atoms with Gasteiger partial charge in [-0.15, -0.1) is 0 Å². The second kappa shape index (κ2) is 9.74. The molecule has 0 aromatic heterocycles. The van der Waals surface area contributed by atoms with Gasteiger partial charge in [0.1, 0.15) is 0 Å². The van der Waals surface area contributed by atoms with E-state index < -0.39 is 10.0 Å². The van der Waals surface area contributed by atoms with Crippen molar-refractivity contribution in [2.75, 3.05) is 12.3 Å². The third-order valence-corrected chi connectivity index (χ3v) is 5.31. The summed E-state index contributed by atoms with van der Waals surface area (Å²) in [5, 5.41) is 3.41. The zero-order valence-electron chi connectivity index (χ0n) is 13.2. The predicted molar refractivity (Wildman–Crippen MR) is 85.4 cm³/mol. The second-order valence-electron chi connectivity index (χ2n) is 6.12. The number of hydrogen-bond acceptors (Lipinski definition) is 3. The fourth-order valence-electron chi connectivity index (χ4n) is 2.31. The standard InChI is InChI=1S/C15H32N2O2S/c1-3-4-5-6-9-14(2)17-20(18,19)13-8-7-12-16-15-10-11-15/h14-17H,3-13H2,1-2H3. The minimum absolute atomic E-state index is 0.0708. The molecule has 0 aromatic rings. The van der Waals surface area contributed by atoms with E-state index in [4.69, 9.17) is 0 Å². The number of rotatable bonds is 13. The lowest BCUT2D eigenvalue weighted by atomic mass is 10.1. The molecule has 5 heteroatoms. The number of sulfonamides is 1. The van der Waals surface area contributed by atoms with Gasteiger partial charge in [-0.2, -0.15) is 0 Å². The SMILES string of the molecule is CCCCCCC(C)NS(=O)(=O)CCCCNC1CC1. The fourth-order valence-corrected chi connectivity index (χ4v) is 3.75. The van der Waals surface area contributed by atoms with Gasteiger partial charge in [0.2, 0.25) is 10.0 Å². The summed E-state index contributed by atoms with van der Waals surface area (Å²) >= 11 is 0. The molecule has 0 radical (unpaired) electrons. The molecule has 0 heterocycles. The zero-order valence-corrected chi connectivity index (χ0v) is 14.0. The van der Waals surface area contributed by atoms with Gasteiger partial charge >= 0.3 is 0 Å². The van der Waals surface area contributed by atoms with Gasteiger partial charge in [-0.3, -0.25) is 0 Å². The first-order valence-electron chi connectivity index (χ1n) is 8.27. The monoisotopic (exact) mass is 304 g/mol. The van der Waals surface area contributed by atoms with Crippen LogP contribution in [-0.4, -0.2) is 32.8 Å². The van der Waals surface area contributed by atoms with Crippen molar-refractivity contribution in [1.82, 2.24) is 10.0 Å². The first-order valence-corrected chi connectivity index (χ1v) is 9.92. The molecular formula is C15H32N2O2S. The van der Waals surface area contributed by atoms with E-state index in [2.05, 4.69) is 17.0 Å². The largest absolute Gasteiger partial charge is 0.314 e. The van der Waals surface area contributed by atoms with Crippen LogP contribution in [0.4, 0.5) is 0 Å². The van der Waals surface area contributed by atoms with Gasteiger partial charge in [0.25, 0.3) is 0 Å². The molecule has 120 valence electrons. The average molecular weight is 304 g/mol. The highest BCUT2D eigenvalue weighted by atomic mass is 32.2. The Labute approximate surface area is 125 Å². The lowest BCUT2D eigenvalue weighted by Gasteiger charge is -2.14. The van der Waals surface area contributed by atoms with Crippen molar-refractivity contribution < 1.29 is 8.42 Å². The summed E-state index contributed by atoms with van der Waals surface area (Å²) in [5.74, 6) is 0.263. The Morgan fingerprint density at radius 1 is 1.10 bits per heavy atom. The number of hydrogen-bond donors (Lipinski definition) is 2. The van der Waals surface area contributed by atoms with Crippen LogP contribution in [0, 0.1) is 0 Å². The van der Waals surface area contributed by atoms with Crippen LogP contribution in [-0.2, 0) is 10.0 Å². The highest BCUT2D eigenvalue weighted by Gasteiger charge is 2.19. The molecule has 0 saturated heterocycles. The van der Waals surface area contributed by atoms with Gasteiger partial charge in [-0.05, 0) is 45.6 Å². The molecule has 1 rings (SSSR count). The molecule has 1 aliphatic carbocycles. The maximum absolute atomic E-state index is 11.9. The molecule has 0 aromatic carbocycles. The lowest BCUT2D eigenvalue weighted by Crippen LogP contribution is -2.34. The summed E-state index contributed by atoms with van der Waals surface area (Å²) in [4.78, 5) is 0. The maximum atomic E-state index is 11.9. The second-order valence-corrected chi connectivity index (χ2v) is 8.00. The molecule has 20 heavy (non-hydrogen) atoms. The Hall–Kier alpha value is -0.130. The topological polar surface area (TPSA) is 58.2 Å². The molecule has 0 aliphatic heterocycles. The molecule has 1 unspecified atom stereocenters. The third kappa shape index (κ3) is 9.72. The van der Waals surface area contributed by atoms with Gasteiger partial charge < -0.3 is 5.32 Å². The van der Waals surface area contributed by atoms with Crippen molar-refractivity contribution >= 4 is 10.0 Å². The minimum Gasteiger partial charge on any atom is -0.314 e. The Morgan fingerprint density at radius 2 is 1.85 bits per heavy atom. The van der Waals surface area contributed by atoms with Crippen LogP contribution in [0.1, 0.15) is 71.6 Å². The average Bonchev–Trinajstić information content (AvgIpc) is 3.17. The van der Waals surface area contributed by atoms with E-state index in [9.17, 15) is 8.42 Å². The van der Waals surface area contributed by atoms with Crippen molar-refractivity contribution in [3.05, 3.63) is 0 Å². The summed E-state index contributed by atoms with van der Waals surface area (Å²) < 4.78 is 26.6. The summed E-state index contributed by atoms with van der Waals surface area (Å²) in [6.07, 6.45) is 9.99. The van der Waals surface area contributed by atoms with Gasteiger partial charge in [0.15, 0.2) is 0 Å². The van der Waals surface area contributed by atoms with E-state index in [0.717, 1.165) is 32.2 Å². The minimum atomic E-state index is -3.09. The molecule has 0 spiro atoms.